The van der Waals surface area contributed by atoms with Crippen molar-refractivity contribution < 1.29 is 17.9 Å². The molecule has 1 N–H and O–H groups in total. The summed E-state index contributed by atoms with van der Waals surface area (Å²) in [6.07, 6.45) is 5.39. The largest absolute Gasteiger partial charge is 0.497 e. The van der Waals surface area contributed by atoms with Crippen LogP contribution in [0.5, 0.6) is 5.75 Å². The van der Waals surface area contributed by atoms with E-state index in [9.17, 15) is 13.2 Å². The fourth-order valence-electron chi connectivity index (χ4n) is 2.34. The molecule has 0 fully saturated rings. The summed E-state index contributed by atoms with van der Waals surface area (Å²) in [7, 11) is -2.43. The third-order valence-electron chi connectivity index (χ3n) is 3.79. The van der Waals surface area contributed by atoms with Gasteiger partial charge in [0.05, 0.1) is 23.2 Å². The van der Waals surface area contributed by atoms with E-state index in [0.717, 1.165) is 4.31 Å². The number of carbonyl (C=O) groups is 1. The summed E-state index contributed by atoms with van der Waals surface area (Å²) in [5, 5.41) is 2.65. The molecular formula is C20H22N2O4S. The lowest BCUT2D eigenvalue weighted by molar-refractivity contribution is -0.120. The first-order valence-electron chi connectivity index (χ1n) is 8.20. The molecule has 0 aliphatic heterocycles. The number of rotatable bonds is 7. The van der Waals surface area contributed by atoms with Gasteiger partial charge in [0.25, 0.3) is 10.0 Å². The van der Waals surface area contributed by atoms with Crippen molar-refractivity contribution in [1.29, 1.82) is 0 Å². The van der Waals surface area contributed by atoms with Crippen molar-refractivity contribution >= 4 is 21.6 Å². The Morgan fingerprint density at radius 1 is 1.15 bits per heavy atom. The van der Waals surface area contributed by atoms with Crippen LogP contribution in [0, 0.1) is 12.3 Å². The van der Waals surface area contributed by atoms with E-state index < -0.39 is 28.0 Å². The Bertz CT molecular complexity index is 930. The molecule has 2 aromatic rings. The second kappa shape index (κ2) is 8.14. The Morgan fingerprint density at radius 2 is 1.74 bits per heavy atom. The van der Waals surface area contributed by atoms with Crippen LogP contribution >= 0.6 is 0 Å². The summed E-state index contributed by atoms with van der Waals surface area (Å²) in [4.78, 5) is 12.6. The number of carbonyl (C=O) groups excluding carboxylic acids is 1. The quantitative estimate of drug-likeness (QED) is 0.742. The molecule has 0 saturated heterocycles. The smallest absolute Gasteiger partial charge is 0.264 e. The average molecular weight is 386 g/mol. The summed E-state index contributed by atoms with van der Waals surface area (Å²) < 4.78 is 32.4. The Morgan fingerprint density at radius 3 is 2.26 bits per heavy atom. The van der Waals surface area contributed by atoms with Crippen molar-refractivity contribution in [3.05, 3.63) is 54.6 Å². The average Bonchev–Trinajstić information content (AvgIpc) is 2.66. The summed E-state index contributed by atoms with van der Waals surface area (Å²) in [5.41, 5.74) is -0.549. The number of benzene rings is 2. The number of nitrogens with one attached hydrogen (secondary N) is 1. The Hall–Kier alpha value is -2.98. The van der Waals surface area contributed by atoms with Crippen LogP contribution in [0.15, 0.2) is 59.5 Å². The highest BCUT2D eigenvalue weighted by Gasteiger charge is 2.28. The highest BCUT2D eigenvalue weighted by Crippen LogP contribution is 2.25. The van der Waals surface area contributed by atoms with Gasteiger partial charge in [-0.05, 0) is 50.2 Å². The predicted molar refractivity (Wildman–Crippen MR) is 105 cm³/mol. The lowest BCUT2D eigenvalue weighted by atomic mass is 10.1. The Balaban J connectivity index is 2.42. The number of amides is 1. The van der Waals surface area contributed by atoms with E-state index in [-0.39, 0.29) is 4.90 Å². The zero-order valence-electron chi connectivity index (χ0n) is 15.5. The van der Waals surface area contributed by atoms with Gasteiger partial charge in [0.1, 0.15) is 12.3 Å². The lowest BCUT2D eigenvalue weighted by Crippen LogP contribution is -2.48. The van der Waals surface area contributed by atoms with E-state index in [1.807, 2.05) is 0 Å². The maximum atomic E-state index is 13.1. The summed E-state index contributed by atoms with van der Waals surface area (Å²) in [5.74, 6) is 2.53. The molecule has 142 valence electrons. The molecule has 0 aliphatic carbocycles. The molecule has 0 bridgehead atoms. The molecule has 0 unspecified atom stereocenters. The van der Waals surface area contributed by atoms with Crippen molar-refractivity contribution in [2.24, 2.45) is 0 Å². The van der Waals surface area contributed by atoms with Crippen LogP contribution < -0.4 is 14.4 Å². The number of nitrogens with zero attached hydrogens (tertiary/aromatic N) is 1. The minimum Gasteiger partial charge on any atom is -0.497 e. The van der Waals surface area contributed by atoms with Crippen molar-refractivity contribution in [2.45, 2.75) is 24.3 Å². The number of sulfonamides is 1. The molecule has 0 atom stereocenters. The molecule has 0 radical (unpaired) electrons. The Labute approximate surface area is 160 Å². The van der Waals surface area contributed by atoms with Crippen LogP contribution in [0.1, 0.15) is 13.8 Å². The van der Waals surface area contributed by atoms with Crippen LogP contribution in [-0.2, 0) is 14.8 Å². The summed E-state index contributed by atoms with van der Waals surface area (Å²) >= 11 is 0. The number of ether oxygens (including phenoxy) is 1. The van der Waals surface area contributed by atoms with Gasteiger partial charge in [-0.2, -0.15) is 0 Å². The maximum Gasteiger partial charge on any atom is 0.264 e. The van der Waals surface area contributed by atoms with E-state index in [0.29, 0.717) is 11.4 Å². The molecule has 2 rings (SSSR count). The molecule has 7 heteroatoms. The maximum absolute atomic E-state index is 13.1. The molecule has 0 saturated carbocycles. The van der Waals surface area contributed by atoms with E-state index in [1.165, 1.54) is 19.2 Å². The molecule has 0 aliphatic rings. The molecule has 0 aromatic heterocycles. The van der Waals surface area contributed by atoms with Gasteiger partial charge in [-0.3, -0.25) is 9.10 Å². The van der Waals surface area contributed by atoms with Gasteiger partial charge in [-0.1, -0.05) is 24.1 Å². The third-order valence-corrected chi connectivity index (χ3v) is 5.58. The van der Waals surface area contributed by atoms with Gasteiger partial charge in [0.15, 0.2) is 0 Å². The number of methoxy groups -OCH3 is 1. The van der Waals surface area contributed by atoms with Gasteiger partial charge >= 0.3 is 0 Å². The van der Waals surface area contributed by atoms with E-state index >= 15 is 0 Å². The second-order valence-corrected chi connectivity index (χ2v) is 8.20. The van der Waals surface area contributed by atoms with Gasteiger partial charge in [-0.15, -0.1) is 6.42 Å². The van der Waals surface area contributed by atoms with Crippen molar-refractivity contribution in [1.82, 2.24) is 5.32 Å². The van der Waals surface area contributed by atoms with Crippen molar-refractivity contribution in [3.8, 4) is 18.1 Å². The SMILES string of the molecule is C#CC(C)(C)NC(=O)CN(c1ccc(OC)cc1)S(=O)(=O)c1ccccc1. The fourth-order valence-corrected chi connectivity index (χ4v) is 3.78. The molecule has 2 aromatic carbocycles. The van der Waals surface area contributed by atoms with E-state index in [4.69, 9.17) is 11.2 Å². The van der Waals surface area contributed by atoms with Crippen LogP contribution in [-0.4, -0.2) is 33.5 Å². The third kappa shape index (κ3) is 5.02. The van der Waals surface area contributed by atoms with Crippen molar-refractivity contribution in [2.75, 3.05) is 18.0 Å². The normalized spacial score (nSPS) is 11.3. The number of hydrogen-bond donors (Lipinski definition) is 1. The molecule has 0 heterocycles. The zero-order valence-corrected chi connectivity index (χ0v) is 16.3. The molecule has 0 spiro atoms. The van der Waals surface area contributed by atoms with Crippen molar-refractivity contribution in [3.63, 3.8) is 0 Å². The van der Waals surface area contributed by atoms with Crippen LogP contribution in [0.4, 0.5) is 5.69 Å². The van der Waals surface area contributed by atoms with Crippen LogP contribution in [0.25, 0.3) is 0 Å². The second-order valence-electron chi connectivity index (χ2n) is 6.34. The van der Waals surface area contributed by atoms with Gasteiger partial charge in [0, 0.05) is 0 Å². The van der Waals surface area contributed by atoms with Crippen LogP contribution in [0.3, 0.4) is 0 Å². The molecule has 27 heavy (non-hydrogen) atoms. The number of hydrogen-bond acceptors (Lipinski definition) is 4. The monoisotopic (exact) mass is 386 g/mol. The topological polar surface area (TPSA) is 75.7 Å². The standard InChI is InChI=1S/C20H22N2O4S/c1-5-20(2,3)21-19(23)15-22(16-11-13-17(26-4)14-12-16)27(24,25)18-9-7-6-8-10-18/h1,6-14H,15H2,2-4H3,(H,21,23). The minimum atomic E-state index is -3.95. The highest BCUT2D eigenvalue weighted by molar-refractivity contribution is 7.92. The Kier molecular flexibility index (Phi) is 6.13. The molecule has 1 amide bonds. The summed E-state index contributed by atoms with van der Waals surface area (Å²) in [6, 6.07) is 14.4. The number of anilines is 1. The minimum absolute atomic E-state index is 0.0878. The van der Waals surface area contributed by atoms with Gasteiger partial charge in [-0.25, -0.2) is 8.42 Å². The van der Waals surface area contributed by atoms with E-state index in [1.54, 1.807) is 56.3 Å². The first kappa shape index (κ1) is 20.3. The summed E-state index contributed by atoms with van der Waals surface area (Å²) in [6.45, 7) is 2.91. The predicted octanol–water partition coefficient (Wildman–Crippen LogP) is 2.42. The fraction of sp³-hybridized carbons (Fsp3) is 0.250. The first-order chi connectivity index (χ1) is 12.7. The lowest BCUT2D eigenvalue weighted by Gasteiger charge is -2.26. The van der Waals surface area contributed by atoms with Gasteiger partial charge < -0.3 is 10.1 Å². The highest BCUT2D eigenvalue weighted by atomic mass is 32.2. The molecular weight excluding hydrogens is 364 g/mol. The van der Waals surface area contributed by atoms with Crippen LogP contribution in [0.2, 0.25) is 0 Å². The molecule has 6 nitrogen and oxygen atoms in total. The van der Waals surface area contributed by atoms with E-state index in [2.05, 4.69) is 11.2 Å². The van der Waals surface area contributed by atoms with Gasteiger partial charge in [0.2, 0.25) is 5.91 Å². The first-order valence-corrected chi connectivity index (χ1v) is 9.64. The zero-order chi connectivity index (χ0) is 20.1. The number of terminal acetylenes is 1.